The molecule has 0 aromatic heterocycles. The highest BCUT2D eigenvalue weighted by Gasteiger charge is 2.06. The minimum atomic E-state index is 0.0587. The molecule has 0 saturated carbocycles. The van der Waals surface area contributed by atoms with Crippen LogP contribution in [0.5, 0.6) is 5.75 Å². The van der Waals surface area contributed by atoms with Crippen LogP contribution in [0.4, 0.5) is 0 Å². The lowest BCUT2D eigenvalue weighted by atomic mass is 10.2. The van der Waals surface area contributed by atoms with Crippen molar-refractivity contribution in [2.75, 3.05) is 20.1 Å². The fourth-order valence-corrected chi connectivity index (χ4v) is 1.58. The van der Waals surface area contributed by atoms with E-state index in [0.717, 1.165) is 17.3 Å². The van der Waals surface area contributed by atoms with Crippen molar-refractivity contribution >= 4 is 5.96 Å². The van der Waals surface area contributed by atoms with Gasteiger partial charge in [-0.25, -0.2) is 0 Å². The Morgan fingerprint density at radius 3 is 2.79 bits per heavy atom. The van der Waals surface area contributed by atoms with Gasteiger partial charge in [-0.05, 0) is 25.5 Å². The molecule has 2 N–H and O–H groups in total. The zero-order valence-corrected chi connectivity index (χ0v) is 11.9. The first kappa shape index (κ1) is 15.1. The highest BCUT2D eigenvalue weighted by atomic mass is 16.5. The maximum atomic E-state index is 5.88. The highest BCUT2D eigenvalue weighted by Crippen LogP contribution is 2.17. The molecule has 0 aliphatic carbocycles. The molecule has 0 fully saturated rings. The normalized spacial score (nSPS) is 12.7. The smallest absolute Gasteiger partial charge is 0.191 e. The van der Waals surface area contributed by atoms with Gasteiger partial charge in [-0.2, -0.15) is 0 Å². The van der Waals surface area contributed by atoms with E-state index in [9.17, 15) is 0 Å². The first-order valence-corrected chi connectivity index (χ1v) is 6.45. The molecule has 19 heavy (non-hydrogen) atoms. The zero-order chi connectivity index (χ0) is 14.1. The van der Waals surface area contributed by atoms with Gasteiger partial charge in [0.2, 0.25) is 0 Å². The van der Waals surface area contributed by atoms with Crippen LogP contribution in [0.1, 0.15) is 12.5 Å². The summed E-state index contributed by atoms with van der Waals surface area (Å²) in [6.45, 7) is 9.10. The minimum Gasteiger partial charge on any atom is -0.489 e. The molecule has 104 valence electrons. The van der Waals surface area contributed by atoms with Gasteiger partial charge in [-0.3, -0.25) is 4.99 Å². The SMILES string of the molecule is C=CCNC(=NC)NCC(C)Oc1ccccc1C. The van der Waals surface area contributed by atoms with Crippen molar-refractivity contribution in [3.63, 3.8) is 0 Å². The van der Waals surface area contributed by atoms with Crippen LogP contribution in [0.3, 0.4) is 0 Å². The number of nitrogens with zero attached hydrogens (tertiary/aromatic N) is 1. The molecule has 0 aliphatic heterocycles. The van der Waals surface area contributed by atoms with Crippen LogP contribution in [-0.2, 0) is 0 Å². The first-order valence-electron chi connectivity index (χ1n) is 6.45. The van der Waals surface area contributed by atoms with Crippen molar-refractivity contribution in [2.45, 2.75) is 20.0 Å². The molecule has 0 saturated heterocycles. The van der Waals surface area contributed by atoms with Gasteiger partial charge in [0.25, 0.3) is 0 Å². The number of rotatable bonds is 6. The summed E-state index contributed by atoms with van der Waals surface area (Å²) in [5.74, 6) is 1.67. The molecule has 0 spiro atoms. The molecule has 4 nitrogen and oxygen atoms in total. The third-order valence-electron chi connectivity index (χ3n) is 2.62. The van der Waals surface area contributed by atoms with Crippen molar-refractivity contribution in [3.05, 3.63) is 42.5 Å². The van der Waals surface area contributed by atoms with Crippen LogP contribution >= 0.6 is 0 Å². The van der Waals surface area contributed by atoms with Crippen LogP contribution in [0.2, 0.25) is 0 Å². The first-order chi connectivity index (χ1) is 9.17. The van der Waals surface area contributed by atoms with Crippen molar-refractivity contribution in [3.8, 4) is 5.75 Å². The summed E-state index contributed by atoms with van der Waals surface area (Å²) in [7, 11) is 1.74. The Balaban J connectivity index is 2.41. The van der Waals surface area contributed by atoms with Crippen LogP contribution in [0.25, 0.3) is 0 Å². The quantitative estimate of drug-likeness (QED) is 0.468. The molecule has 1 unspecified atom stereocenters. The largest absolute Gasteiger partial charge is 0.489 e. The van der Waals surface area contributed by atoms with E-state index in [4.69, 9.17) is 4.74 Å². The van der Waals surface area contributed by atoms with Crippen molar-refractivity contribution < 1.29 is 4.74 Å². The summed E-state index contributed by atoms with van der Waals surface area (Å²) < 4.78 is 5.88. The highest BCUT2D eigenvalue weighted by molar-refractivity contribution is 5.79. The number of hydrogen-bond acceptors (Lipinski definition) is 2. The van der Waals surface area contributed by atoms with Gasteiger partial charge in [0.15, 0.2) is 5.96 Å². The Morgan fingerprint density at radius 2 is 2.16 bits per heavy atom. The lowest BCUT2D eigenvalue weighted by Gasteiger charge is -2.18. The summed E-state index contributed by atoms with van der Waals surface area (Å²) in [4.78, 5) is 4.11. The molecule has 1 atom stereocenters. The predicted molar refractivity (Wildman–Crippen MR) is 80.8 cm³/mol. The zero-order valence-electron chi connectivity index (χ0n) is 11.9. The van der Waals surface area contributed by atoms with E-state index in [1.807, 2.05) is 38.1 Å². The molecular formula is C15H23N3O. The van der Waals surface area contributed by atoms with E-state index in [0.29, 0.717) is 13.1 Å². The Kier molecular flexibility index (Phi) is 6.50. The second-order valence-electron chi connectivity index (χ2n) is 4.32. The number of aliphatic imine (C=N–C) groups is 1. The molecule has 1 aromatic carbocycles. The molecule has 1 rings (SSSR count). The molecule has 0 bridgehead atoms. The summed E-state index contributed by atoms with van der Waals surface area (Å²) in [5.41, 5.74) is 1.14. The fraction of sp³-hybridized carbons (Fsp3) is 0.400. The summed E-state index contributed by atoms with van der Waals surface area (Å²) >= 11 is 0. The molecular weight excluding hydrogens is 238 g/mol. The van der Waals surface area contributed by atoms with Crippen LogP contribution in [0.15, 0.2) is 41.9 Å². The number of guanidine groups is 1. The van der Waals surface area contributed by atoms with E-state index in [1.165, 1.54) is 0 Å². The molecule has 1 aromatic rings. The number of ether oxygens (including phenoxy) is 1. The number of nitrogens with one attached hydrogen (secondary N) is 2. The van der Waals surface area contributed by atoms with Crippen LogP contribution in [0, 0.1) is 6.92 Å². The van der Waals surface area contributed by atoms with E-state index in [-0.39, 0.29) is 6.10 Å². The number of hydrogen-bond donors (Lipinski definition) is 2. The van der Waals surface area contributed by atoms with E-state index < -0.39 is 0 Å². The van der Waals surface area contributed by atoms with E-state index in [2.05, 4.69) is 22.2 Å². The van der Waals surface area contributed by atoms with Gasteiger partial charge in [0, 0.05) is 13.6 Å². The number of para-hydroxylation sites is 1. The average Bonchev–Trinajstić information content (AvgIpc) is 2.41. The Hall–Kier alpha value is -1.97. The summed E-state index contributed by atoms with van der Waals surface area (Å²) in [6, 6.07) is 8.01. The maximum absolute atomic E-state index is 5.88. The predicted octanol–water partition coefficient (Wildman–Crippen LogP) is 2.11. The molecule has 0 aliphatic rings. The van der Waals surface area contributed by atoms with Gasteiger partial charge in [0.1, 0.15) is 11.9 Å². The average molecular weight is 261 g/mol. The van der Waals surface area contributed by atoms with Gasteiger partial charge in [-0.15, -0.1) is 6.58 Å². The molecule has 0 radical (unpaired) electrons. The second kappa shape index (κ2) is 8.19. The molecule has 0 heterocycles. The number of aryl methyl sites for hydroxylation is 1. The van der Waals surface area contributed by atoms with Crippen LogP contribution in [-0.4, -0.2) is 32.2 Å². The third-order valence-corrected chi connectivity index (χ3v) is 2.62. The minimum absolute atomic E-state index is 0.0587. The van der Waals surface area contributed by atoms with Gasteiger partial charge in [-0.1, -0.05) is 24.3 Å². The topological polar surface area (TPSA) is 45.7 Å². The van der Waals surface area contributed by atoms with Gasteiger partial charge >= 0.3 is 0 Å². The van der Waals surface area contributed by atoms with E-state index in [1.54, 1.807) is 13.1 Å². The Bertz CT molecular complexity index is 429. The Morgan fingerprint density at radius 1 is 1.42 bits per heavy atom. The number of benzene rings is 1. The third kappa shape index (κ3) is 5.46. The van der Waals surface area contributed by atoms with Crippen molar-refractivity contribution in [2.24, 2.45) is 4.99 Å². The summed E-state index contributed by atoms with van der Waals surface area (Å²) in [6.07, 6.45) is 1.85. The molecule has 4 heteroatoms. The lowest BCUT2D eigenvalue weighted by Crippen LogP contribution is -2.41. The maximum Gasteiger partial charge on any atom is 0.191 e. The van der Waals surface area contributed by atoms with E-state index >= 15 is 0 Å². The second-order valence-corrected chi connectivity index (χ2v) is 4.32. The monoisotopic (exact) mass is 261 g/mol. The summed E-state index contributed by atoms with van der Waals surface area (Å²) in [5, 5.41) is 6.32. The van der Waals surface area contributed by atoms with Gasteiger partial charge < -0.3 is 15.4 Å². The Labute approximate surface area is 115 Å². The van der Waals surface area contributed by atoms with Gasteiger partial charge in [0.05, 0.1) is 6.54 Å². The molecule has 0 amide bonds. The fourth-order valence-electron chi connectivity index (χ4n) is 1.58. The lowest BCUT2D eigenvalue weighted by molar-refractivity contribution is 0.222. The van der Waals surface area contributed by atoms with Crippen molar-refractivity contribution in [1.82, 2.24) is 10.6 Å². The van der Waals surface area contributed by atoms with Crippen LogP contribution < -0.4 is 15.4 Å². The van der Waals surface area contributed by atoms with Crippen molar-refractivity contribution in [1.29, 1.82) is 0 Å². The standard InChI is InChI=1S/C15H23N3O/c1-5-10-17-15(16-4)18-11-13(3)19-14-9-7-6-8-12(14)2/h5-9,13H,1,10-11H2,2-4H3,(H2,16,17,18).